The first-order chi connectivity index (χ1) is 14.3. The molecule has 10 heteroatoms. The Morgan fingerprint density at radius 3 is 2.53 bits per heavy atom. The normalized spacial score (nSPS) is 13.0. The number of nitrogens with zero attached hydrogens (tertiary/aromatic N) is 2. The summed E-state index contributed by atoms with van der Waals surface area (Å²) in [4.78, 5) is 19.6. The van der Waals surface area contributed by atoms with Gasteiger partial charge >= 0.3 is 0 Å². The molecular formula is C20H24N4O5S. The Balaban J connectivity index is 2.08. The second-order valence-corrected chi connectivity index (χ2v) is 9.04. The molecule has 1 aromatic heterocycles. The van der Waals surface area contributed by atoms with Crippen molar-refractivity contribution in [3.63, 3.8) is 0 Å². The number of hydrogen-bond donors (Lipinski definition) is 3. The molecule has 0 aliphatic carbocycles. The molecule has 0 saturated carbocycles. The fourth-order valence-corrected chi connectivity index (χ4v) is 5.02. The number of aromatic nitrogens is 2. The average molecular weight is 433 g/mol. The maximum atomic E-state index is 13.5. The van der Waals surface area contributed by atoms with Crippen LogP contribution in [0.3, 0.4) is 0 Å². The first-order valence-electron chi connectivity index (χ1n) is 9.29. The van der Waals surface area contributed by atoms with Gasteiger partial charge in [0.15, 0.2) is 0 Å². The van der Waals surface area contributed by atoms with Crippen LogP contribution in [0.25, 0.3) is 11.0 Å². The van der Waals surface area contributed by atoms with Crippen molar-refractivity contribution >= 4 is 27.0 Å². The van der Waals surface area contributed by atoms with Crippen molar-refractivity contribution in [1.82, 2.24) is 19.8 Å². The number of hydroxylamine groups is 1. The van der Waals surface area contributed by atoms with Crippen LogP contribution in [0, 0.1) is 5.92 Å². The van der Waals surface area contributed by atoms with E-state index in [0.717, 1.165) is 15.3 Å². The number of ether oxygens (including phenoxy) is 1. The fourth-order valence-electron chi connectivity index (χ4n) is 3.31. The minimum absolute atomic E-state index is 0.0160. The molecule has 9 nitrogen and oxygen atoms in total. The highest BCUT2D eigenvalue weighted by atomic mass is 32.2. The second kappa shape index (κ2) is 8.82. The molecule has 0 radical (unpaired) electrons. The highest BCUT2D eigenvalue weighted by Crippen LogP contribution is 2.27. The van der Waals surface area contributed by atoms with Gasteiger partial charge in [0.25, 0.3) is 5.91 Å². The molecule has 160 valence electrons. The number of nitrogens with one attached hydrogen (secondary N) is 2. The highest BCUT2D eigenvalue weighted by molar-refractivity contribution is 7.89. The monoisotopic (exact) mass is 432 g/mol. The van der Waals surface area contributed by atoms with E-state index in [0.29, 0.717) is 11.3 Å². The minimum atomic E-state index is -4.08. The van der Waals surface area contributed by atoms with Crippen LogP contribution in [-0.2, 0) is 21.4 Å². The summed E-state index contributed by atoms with van der Waals surface area (Å²) in [6.07, 6.45) is 1.55. The molecule has 3 N–H and O–H groups in total. The molecule has 30 heavy (non-hydrogen) atoms. The van der Waals surface area contributed by atoms with Gasteiger partial charge in [0.05, 0.1) is 29.4 Å². The smallest absolute Gasteiger partial charge is 0.262 e. The molecule has 0 saturated heterocycles. The van der Waals surface area contributed by atoms with E-state index < -0.39 is 27.9 Å². The summed E-state index contributed by atoms with van der Waals surface area (Å²) >= 11 is 0. The topological polar surface area (TPSA) is 125 Å². The van der Waals surface area contributed by atoms with Crippen molar-refractivity contribution in [3.8, 4) is 5.75 Å². The maximum absolute atomic E-state index is 13.5. The maximum Gasteiger partial charge on any atom is 0.262 e. The van der Waals surface area contributed by atoms with E-state index in [2.05, 4.69) is 9.97 Å². The largest absolute Gasteiger partial charge is 0.497 e. The third kappa shape index (κ3) is 4.30. The van der Waals surface area contributed by atoms with Gasteiger partial charge in [0.1, 0.15) is 11.8 Å². The summed E-state index contributed by atoms with van der Waals surface area (Å²) in [5.41, 5.74) is 3.76. The number of hydrogen-bond acceptors (Lipinski definition) is 6. The molecule has 1 amide bonds. The van der Waals surface area contributed by atoms with Crippen molar-refractivity contribution in [2.75, 3.05) is 7.11 Å². The summed E-state index contributed by atoms with van der Waals surface area (Å²) in [5, 5.41) is 9.24. The predicted octanol–water partition coefficient (Wildman–Crippen LogP) is 2.29. The standard InChI is InChI=1S/C20H24N4O5S/c1-13(2)19(20(25)23-26)24(11-14-4-9-17-18(10-14)22-12-21-17)30(27,28)16-7-5-15(29-3)6-8-16/h4-10,12-13,19,26H,11H2,1-3H3,(H,21,22)(H,23,25)/t19-/m1/s1. The van der Waals surface area contributed by atoms with Crippen LogP contribution in [0.15, 0.2) is 53.7 Å². The van der Waals surface area contributed by atoms with E-state index >= 15 is 0 Å². The Bertz CT molecular complexity index is 1130. The van der Waals surface area contributed by atoms with Gasteiger partial charge in [-0.05, 0) is 47.9 Å². The lowest BCUT2D eigenvalue weighted by Crippen LogP contribution is -2.51. The highest BCUT2D eigenvalue weighted by Gasteiger charge is 2.38. The first kappa shape index (κ1) is 21.8. The zero-order valence-electron chi connectivity index (χ0n) is 16.9. The number of amides is 1. The Morgan fingerprint density at radius 1 is 1.23 bits per heavy atom. The van der Waals surface area contributed by atoms with Crippen LogP contribution in [0.1, 0.15) is 19.4 Å². The quantitative estimate of drug-likeness (QED) is 0.371. The lowest BCUT2D eigenvalue weighted by atomic mass is 10.0. The first-order valence-corrected chi connectivity index (χ1v) is 10.7. The van der Waals surface area contributed by atoms with E-state index in [9.17, 15) is 18.4 Å². The summed E-state index contributed by atoms with van der Waals surface area (Å²) < 4.78 is 33.2. The predicted molar refractivity (Wildman–Crippen MR) is 110 cm³/mol. The van der Waals surface area contributed by atoms with E-state index in [1.807, 2.05) is 0 Å². The molecule has 0 bridgehead atoms. The summed E-state index contributed by atoms with van der Waals surface area (Å²) in [5.74, 6) is -0.690. The van der Waals surface area contributed by atoms with Crippen molar-refractivity contribution in [1.29, 1.82) is 0 Å². The number of fused-ring (bicyclic) bond motifs is 1. The summed E-state index contributed by atoms with van der Waals surface area (Å²) in [6.45, 7) is 3.36. The minimum Gasteiger partial charge on any atom is -0.497 e. The van der Waals surface area contributed by atoms with Crippen LogP contribution in [0.5, 0.6) is 5.75 Å². The zero-order chi connectivity index (χ0) is 21.9. The van der Waals surface area contributed by atoms with E-state index in [-0.39, 0.29) is 11.4 Å². The van der Waals surface area contributed by atoms with Crippen LogP contribution in [-0.4, -0.2) is 47.0 Å². The van der Waals surface area contributed by atoms with Gasteiger partial charge < -0.3 is 9.72 Å². The number of H-pyrrole nitrogens is 1. The van der Waals surface area contributed by atoms with E-state index in [4.69, 9.17) is 4.74 Å². The van der Waals surface area contributed by atoms with Crippen LogP contribution >= 0.6 is 0 Å². The third-order valence-electron chi connectivity index (χ3n) is 4.81. The number of sulfonamides is 1. The SMILES string of the molecule is COc1ccc(S(=O)(=O)N(Cc2ccc3nc[nH]c3c2)[C@@H](C(=O)NO)C(C)C)cc1. The molecule has 0 aliphatic heterocycles. The molecule has 3 rings (SSSR count). The van der Waals surface area contributed by atoms with Crippen LogP contribution in [0.4, 0.5) is 0 Å². The Hall–Kier alpha value is -2.95. The number of rotatable bonds is 8. The molecule has 0 spiro atoms. The van der Waals surface area contributed by atoms with Gasteiger partial charge in [0, 0.05) is 6.54 Å². The molecular weight excluding hydrogens is 408 g/mol. The zero-order valence-corrected chi connectivity index (χ0v) is 17.7. The van der Waals surface area contributed by atoms with Crippen molar-refractivity contribution < 1.29 is 23.2 Å². The van der Waals surface area contributed by atoms with Crippen LogP contribution in [0.2, 0.25) is 0 Å². The summed E-state index contributed by atoms with van der Waals surface area (Å²) in [6, 6.07) is 10.1. The van der Waals surface area contributed by atoms with Gasteiger partial charge in [0.2, 0.25) is 10.0 Å². The lowest BCUT2D eigenvalue weighted by Gasteiger charge is -2.32. The Kier molecular flexibility index (Phi) is 6.40. The van der Waals surface area contributed by atoms with Gasteiger partial charge in [-0.15, -0.1) is 0 Å². The van der Waals surface area contributed by atoms with Gasteiger partial charge in [-0.1, -0.05) is 19.9 Å². The summed E-state index contributed by atoms with van der Waals surface area (Å²) in [7, 11) is -2.60. The number of methoxy groups -OCH3 is 1. The van der Waals surface area contributed by atoms with Crippen molar-refractivity contribution in [2.45, 2.75) is 31.3 Å². The molecule has 0 unspecified atom stereocenters. The third-order valence-corrected chi connectivity index (χ3v) is 6.65. The van der Waals surface area contributed by atoms with Crippen LogP contribution < -0.4 is 10.2 Å². The molecule has 2 aromatic carbocycles. The number of benzene rings is 2. The van der Waals surface area contributed by atoms with Crippen molar-refractivity contribution in [3.05, 3.63) is 54.4 Å². The Labute approximate surface area is 174 Å². The molecule has 3 aromatic rings. The number of aromatic amines is 1. The average Bonchev–Trinajstić information content (AvgIpc) is 3.20. The number of carbonyl (C=O) groups excluding carboxylic acids is 1. The van der Waals surface area contributed by atoms with Gasteiger partial charge in [-0.25, -0.2) is 18.9 Å². The number of imidazole rings is 1. The van der Waals surface area contributed by atoms with Gasteiger partial charge in [-0.3, -0.25) is 10.0 Å². The fraction of sp³-hybridized carbons (Fsp3) is 0.300. The second-order valence-electron chi connectivity index (χ2n) is 7.14. The van der Waals surface area contributed by atoms with Crippen molar-refractivity contribution in [2.24, 2.45) is 5.92 Å². The lowest BCUT2D eigenvalue weighted by molar-refractivity contribution is -0.134. The molecule has 0 fully saturated rings. The molecule has 1 atom stereocenters. The van der Waals surface area contributed by atoms with Gasteiger partial charge in [-0.2, -0.15) is 4.31 Å². The molecule has 1 heterocycles. The molecule has 0 aliphatic rings. The Morgan fingerprint density at radius 2 is 1.93 bits per heavy atom. The number of carbonyl (C=O) groups is 1. The van der Waals surface area contributed by atoms with E-state index in [1.54, 1.807) is 43.9 Å². The van der Waals surface area contributed by atoms with E-state index in [1.165, 1.54) is 31.4 Å².